The Morgan fingerprint density at radius 3 is 2.29 bits per heavy atom. The number of carbonyl (C=O) groups excluding carboxylic acids is 3. The number of ketones is 2. The molecule has 3 spiro atoms. The third kappa shape index (κ3) is 7.87. The fourth-order valence-electron chi connectivity index (χ4n) is 23.3. The number of Topliss-reactive ketones (excluding diaryl/α,β-unsaturated/α-hetero) is 2. The first-order chi connectivity index (χ1) is 39.0. The number of aliphatic hydroxyl groups excluding tert-OH is 3. The molecule has 11 aliphatic rings. The number of hydrogen-bond donors (Lipinski definition) is 6. The SMILES string of the molecule is CNC1CCCC2(C1)C(=O)CC1(CCC(O)C1)C1(C)C2C2(CCCC2)CC2(C)C1C(O)C1Cn3cc(C(C=O)c4cc(C5CCCCC5)cc(C5(O)CCOCC5)c4)c4[nH]cc(c43)CCC(C)(CC(O)C3OC3(C)C)C3=C1C2(C)CC3=O. The molecule has 12 heteroatoms. The van der Waals surface area contributed by atoms with Gasteiger partial charge in [0.25, 0.3) is 0 Å². The second-order valence-electron chi connectivity index (χ2n) is 31.4. The van der Waals surface area contributed by atoms with E-state index in [9.17, 15) is 25.2 Å². The molecule has 7 saturated carbocycles. The summed E-state index contributed by atoms with van der Waals surface area (Å²) in [4.78, 5) is 50.1. The van der Waals surface area contributed by atoms with Crippen molar-refractivity contribution < 1.29 is 44.3 Å². The maximum atomic E-state index is 16.1. The Balaban J connectivity index is 0.978. The molecule has 2 saturated heterocycles. The molecule has 15 atom stereocenters. The molecule has 82 heavy (non-hydrogen) atoms. The zero-order chi connectivity index (χ0) is 57.4. The van der Waals surface area contributed by atoms with Crippen molar-refractivity contribution in [2.45, 2.75) is 256 Å². The van der Waals surface area contributed by atoms with Crippen LogP contribution in [0.5, 0.6) is 0 Å². The highest BCUT2D eigenvalue weighted by atomic mass is 16.6. The summed E-state index contributed by atoms with van der Waals surface area (Å²) in [6, 6.07) is 6.79. The first-order valence-electron chi connectivity index (χ1n) is 32.8. The van der Waals surface area contributed by atoms with E-state index < -0.39 is 73.8 Å². The highest BCUT2D eigenvalue weighted by molar-refractivity contribution is 6.02. The predicted octanol–water partition coefficient (Wildman–Crippen LogP) is 11.4. The Morgan fingerprint density at radius 2 is 1.61 bits per heavy atom. The topological polar surface area (TPSA) is 187 Å². The molecular weight excluding hydrogens is 1030 g/mol. The smallest absolute Gasteiger partial charge is 0.160 e. The molecule has 9 fully saturated rings. The fraction of sp³-hybridized carbons (Fsp3) is 0.757. The van der Waals surface area contributed by atoms with Crippen molar-refractivity contribution in [1.82, 2.24) is 14.9 Å². The van der Waals surface area contributed by atoms with Gasteiger partial charge in [-0.3, -0.25) is 9.59 Å². The molecule has 8 aliphatic carbocycles. The Hall–Kier alpha value is -3.49. The van der Waals surface area contributed by atoms with Crippen LogP contribution in [0.1, 0.15) is 229 Å². The summed E-state index contributed by atoms with van der Waals surface area (Å²) in [6.45, 7) is 15.0. The summed E-state index contributed by atoms with van der Waals surface area (Å²) >= 11 is 0. The van der Waals surface area contributed by atoms with Crippen LogP contribution in [-0.2, 0) is 42.4 Å². The molecular formula is C70H97N3O9. The third-order valence-corrected chi connectivity index (χ3v) is 27.0. The standard InChI is InChI=1S/C70H97N3O9/c1-62(2)60(82-62)52(77)33-63(3)22-17-42-36-72-56-48(50(39-74)44-28-43(41-14-9-8-10-15-41)29-45(30-44)70(80)24-26-81-27-25-70)37-73(57(42)56)38-49-54-55(63)51(76)34-64(54,4)65(5)40-67(19-11-12-20-67)61-66(6,59(65)58(49)79)68(23-18-47(75)32-68)35-53(78)69(61)21-13-16-46(31-69)71-7/h28-30,36-37,39,41,46-47,49-50,52,58-61,71-72,75,77,79-80H,8-27,31-35,38,40H2,1-7H3. The van der Waals surface area contributed by atoms with Crippen LogP contribution in [0.2, 0.25) is 0 Å². The summed E-state index contributed by atoms with van der Waals surface area (Å²) in [6.07, 6.45) is 22.4. The molecule has 3 aromatic rings. The van der Waals surface area contributed by atoms with Crippen molar-refractivity contribution in [2.24, 2.45) is 55.7 Å². The minimum Gasteiger partial charge on any atom is -0.393 e. The number of aryl methyl sites for hydroxylation is 1. The lowest BCUT2D eigenvalue weighted by molar-refractivity contribution is -0.304. The highest BCUT2D eigenvalue weighted by Crippen LogP contribution is 2.85. The Kier molecular flexibility index (Phi) is 13.2. The summed E-state index contributed by atoms with van der Waals surface area (Å²) in [5, 5.41) is 55.2. The number of hydrogen-bond acceptors (Lipinski definition) is 10. The molecule has 14 rings (SSSR count). The van der Waals surface area contributed by atoms with Crippen molar-refractivity contribution in [3.8, 4) is 0 Å². The summed E-state index contributed by atoms with van der Waals surface area (Å²) in [5.74, 6) is -0.628. The van der Waals surface area contributed by atoms with Gasteiger partial charge in [-0.2, -0.15) is 0 Å². The van der Waals surface area contributed by atoms with Gasteiger partial charge < -0.3 is 49.6 Å². The molecule has 0 bridgehead atoms. The van der Waals surface area contributed by atoms with E-state index >= 15 is 9.59 Å². The zero-order valence-electron chi connectivity index (χ0n) is 50.6. The summed E-state index contributed by atoms with van der Waals surface area (Å²) in [5.41, 5.74) is 3.18. The van der Waals surface area contributed by atoms with Crippen LogP contribution in [0.3, 0.4) is 0 Å². The molecule has 0 amide bonds. The normalized spacial score (nSPS) is 41.9. The molecule has 15 unspecified atom stereocenters. The van der Waals surface area contributed by atoms with Crippen LogP contribution < -0.4 is 5.32 Å². The number of nitrogens with one attached hydrogen (secondary N) is 2. The van der Waals surface area contributed by atoms with Gasteiger partial charge in [-0.15, -0.1) is 0 Å². The highest BCUT2D eigenvalue weighted by Gasteiger charge is 2.82. The second kappa shape index (κ2) is 19.3. The monoisotopic (exact) mass is 1120 g/mol. The van der Waals surface area contributed by atoms with Gasteiger partial charge >= 0.3 is 0 Å². The van der Waals surface area contributed by atoms with Gasteiger partial charge in [0, 0.05) is 91.8 Å². The third-order valence-electron chi connectivity index (χ3n) is 27.0. The second-order valence-corrected chi connectivity index (χ2v) is 31.4. The number of aromatic amines is 1. The van der Waals surface area contributed by atoms with Crippen molar-refractivity contribution >= 4 is 28.9 Å². The molecule has 5 heterocycles. The number of allylic oxidation sites excluding steroid dienone is 1. The van der Waals surface area contributed by atoms with E-state index in [1.54, 1.807) is 0 Å². The van der Waals surface area contributed by atoms with E-state index in [-0.39, 0.29) is 35.2 Å². The molecule has 6 N–H and O–H groups in total. The quantitative estimate of drug-likeness (QED) is 0.0889. The van der Waals surface area contributed by atoms with Gasteiger partial charge in [0.05, 0.1) is 46.5 Å². The predicted molar refractivity (Wildman–Crippen MR) is 315 cm³/mol. The number of rotatable bonds is 9. The van der Waals surface area contributed by atoms with Gasteiger partial charge in [0.15, 0.2) is 5.78 Å². The van der Waals surface area contributed by atoms with E-state index in [0.29, 0.717) is 89.2 Å². The minimum absolute atomic E-state index is 0.000876. The van der Waals surface area contributed by atoms with Crippen LogP contribution >= 0.6 is 0 Å². The molecule has 2 aromatic heterocycles. The lowest BCUT2D eigenvalue weighted by atomic mass is 9.25. The summed E-state index contributed by atoms with van der Waals surface area (Å²) in [7, 11) is 2.06. The Labute approximate surface area is 487 Å². The maximum Gasteiger partial charge on any atom is 0.160 e. The lowest BCUT2D eigenvalue weighted by Crippen LogP contribution is -2.77. The van der Waals surface area contributed by atoms with Crippen molar-refractivity contribution in [1.29, 1.82) is 0 Å². The number of nitrogens with zero attached hydrogens (tertiary/aromatic N) is 1. The van der Waals surface area contributed by atoms with Gasteiger partial charge in [-0.1, -0.05) is 84.4 Å². The number of aliphatic hydroxyl groups is 4. The van der Waals surface area contributed by atoms with E-state index in [4.69, 9.17) is 9.47 Å². The number of benzene rings is 1. The van der Waals surface area contributed by atoms with Crippen LogP contribution in [-0.4, -0.2) is 104 Å². The van der Waals surface area contributed by atoms with Crippen LogP contribution in [0.4, 0.5) is 0 Å². The average Bonchev–Trinajstić information content (AvgIpc) is 1.06. The van der Waals surface area contributed by atoms with Crippen LogP contribution in [0.15, 0.2) is 41.7 Å². The lowest BCUT2D eigenvalue weighted by Gasteiger charge is -2.78. The zero-order valence-corrected chi connectivity index (χ0v) is 50.6. The minimum atomic E-state index is -1.07. The number of aromatic nitrogens is 2. The largest absolute Gasteiger partial charge is 0.393 e. The number of fused-ring (bicyclic) bond motifs is 7. The summed E-state index contributed by atoms with van der Waals surface area (Å²) < 4.78 is 14.3. The number of carbonyl (C=O) groups is 3. The van der Waals surface area contributed by atoms with E-state index in [1.807, 2.05) is 13.8 Å². The molecule has 3 aliphatic heterocycles. The van der Waals surface area contributed by atoms with Gasteiger partial charge in [-0.05, 0) is 183 Å². The van der Waals surface area contributed by atoms with E-state index in [2.05, 4.69) is 80.2 Å². The molecule has 0 radical (unpaired) electrons. The van der Waals surface area contributed by atoms with Gasteiger partial charge in [-0.25, -0.2) is 0 Å². The number of H-pyrrole nitrogens is 1. The molecule has 446 valence electrons. The molecule has 1 aromatic carbocycles. The maximum absolute atomic E-state index is 16.1. The molecule has 12 nitrogen and oxygen atoms in total. The van der Waals surface area contributed by atoms with Crippen molar-refractivity contribution in [3.63, 3.8) is 0 Å². The van der Waals surface area contributed by atoms with Crippen LogP contribution in [0.25, 0.3) is 11.0 Å². The Bertz CT molecular complexity index is 3100. The van der Waals surface area contributed by atoms with Gasteiger partial charge in [0.2, 0.25) is 0 Å². The number of aldehydes is 1. The number of ether oxygens (including phenoxy) is 2. The van der Waals surface area contributed by atoms with Crippen molar-refractivity contribution in [3.05, 3.63) is 69.6 Å². The number of epoxide rings is 1. The average molecular weight is 1120 g/mol. The first-order valence-corrected chi connectivity index (χ1v) is 32.8. The first kappa shape index (κ1) is 56.3. The van der Waals surface area contributed by atoms with E-state index in [0.717, 1.165) is 141 Å². The fourth-order valence-corrected chi connectivity index (χ4v) is 23.3. The van der Waals surface area contributed by atoms with Crippen LogP contribution in [0, 0.1) is 55.7 Å². The van der Waals surface area contributed by atoms with Gasteiger partial charge in [0.1, 0.15) is 18.2 Å². The van der Waals surface area contributed by atoms with E-state index in [1.165, 1.54) is 12.0 Å². The van der Waals surface area contributed by atoms with Crippen molar-refractivity contribution in [2.75, 3.05) is 20.3 Å². The Morgan fingerprint density at radius 1 is 0.866 bits per heavy atom.